The first-order valence-electron chi connectivity index (χ1n) is 8.77. The molecule has 1 aliphatic rings. The Morgan fingerprint density at radius 2 is 1.85 bits per heavy atom. The van der Waals surface area contributed by atoms with Gasteiger partial charge in [0.25, 0.3) is 0 Å². The summed E-state index contributed by atoms with van der Waals surface area (Å²) in [5.41, 5.74) is 1.18. The van der Waals surface area contributed by atoms with E-state index >= 15 is 0 Å². The Bertz CT molecular complexity index is 768. The number of ether oxygens (including phenoxy) is 2. The van der Waals surface area contributed by atoms with Gasteiger partial charge in [-0.1, -0.05) is 30.3 Å². The summed E-state index contributed by atoms with van der Waals surface area (Å²) in [4.78, 5) is 11.8. The highest BCUT2D eigenvalue weighted by Crippen LogP contribution is 2.41. The van der Waals surface area contributed by atoms with Crippen LogP contribution in [-0.2, 0) is 11.3 Å². The van der Waals surface area contributed by atoms with E-state index in [4.69, 9.17) is 9.47 Å². The minimum absolute atomic E-state index is 0.107. The number of carbonyl (C=O) groups excluding carboxylic acids is 1. The number of carbonyl (C=O) groups is 1. The van der Waals surface area contributed by atoms with Crippen molar-refractivity contribution in [3.8, 4) is 5.75 Å². The number of benzene rings is 2. The van der Waals surface area contributed by atoms with Gasteiger partial charge in [0.05, 0.1) is 0 Å². The second kappa shape index (κ2) is 7.36. The lowest BCUT2D eigenvalue weighted by atomic mass is 10.1. The van der Waals surface area contributed by atoms with Gasteiger partial charge in [-0.15, -0.1) is 0 Å². The predicted octanol–water partition coefficient (Wildman–Crippen LogP) is 4.79. The molecule has 138 valence electrons. The summed E-state index contributed by atoms with van der Waals surface area (Å²) >= 11 is 0. The smallest absolute Gasteiger partial charge is 0.407 e. The molecule has 0 aliphatic heterocycles. The molecule has 3 rings (SSSR count). The molecule has 1 saturated carbocycles. The molecule has 0 radical (unpaired) electrons. The topological polar surface area (TPSA) is 47.6 Å². The van der Waals surface area contributed by atoms with Crippen LogP contribution in [0.15, 0.2) is 48.5 Å². The zero-order valence-corrected chi connectivity index (χ0v) is 15.3. The van der Waals surface area contributed by atoms with Crippen LogP contribution in [0.3, 0.4) is 0 Å². The molecular weight excluding hydrogens is 333 g/mol. The standard InChI is InChI=1S/C21H24FNO3/c1-21(2,3)26-20(24)23-19-12-17(19)14-8-10-16(11-9-14)25-13-15-6-4-5-7-18(15)22/h4-11,17,19H,12-13H2,1-3H3,(H,23,24)/t17-,19+/m1/s1. The monoisotopic (exact) mass is 357 g/mol. The van der Waals surface area contributed by atoms with Crippen LogP contribution in [0, 0.1) is 5.82 Å². The molecule has 2 atom stereocenters. The van der Waals surface area contributed by atoms with Crippen molar-refractivity contribution in [3.05, 3.63) is 65.5 Å². The Balaban J connectivity index is 1.50. The van der Waals surface area contributed by atoms with Crippen LogP contribution in [0.25, 0.3) is 0 Å². The molecule has 0 bridgehead atoms. The maximum Gasteiger partial charge on any atom is 0.407 e. The van der Waals surface area contributed by atoms with E-state index in [2.05, 4.69) is 5.32 Å². The third-order valence-electron chi connectivity index (χ3n) is 4.15. The number of halogens is 1. The van der Waals surface area contributed by atoms with Gasteiger partial charge in [0.2, 0.25) is 0 Å². The van der Waals surface area contributed by atoms with E-state index in [1.807, 2.05) is 45.0 Å². The van der Waals surface area contributed by atoms with Crippen LogP contribution < -0.4 is 10.1 Å². The molecule has 26 heavy (non-hydrogen) atoms. The van der Waals surface area contributed by atoms with Crippen LogP contribution in [0.5, 0.6) is 5.75 Å². The summed E-state index contributed by atoms with van der Waals surface area (Å²) in [6, 6.07) is 14.4. The fraction of sp³-hybridized carbons (Fsp3) is 0.381. The third-order valence-corrected chi connectivity index (χ3v) is 4.15. The van der Waals surface area contributed by atoms with E-state index in [1.165, 1.54) is 6.07 Å². The molecule has 1 amide bonds. The minimum atomic E-state index is -0.494. The number of amides is 1. The van der Waals surface area contributed by atoms with Crippen molar-refractivity contribution in [2.75, 3.05) is 0 Å². The molecule has 5 heteroatoms. The zero-order valence-electron chi connectivity index (χ0n) is 15.3. The summed E-state index contributed by atoms with van der Waals surface area (Å²) in [7, 11) is 0. The lowest BCUT2D eigenvalue weighted by Crippen LogP contribution is -2.34. The Hall–Kier alpha value is -2.56. The van der Waals surface area contributed by atoms with E-state index in [-0.39, 0.29) is 24.6 Å². The Morgan fingerprint density at radius 3 is 2.50 bits per heavy atom. The Kier molecular flexibility index (Phi) is 5.16. The fourth-order valence-corrected chi connectivity index (χ4v) is 2.77. The second-order valence-corrected chi connectivity index (χ2v) is 7.54. The number of hydrogen-bond acceptors (Lipinski definition) is 3. The molecule has 2 aromatic rings. The van der Waals surface area contributed by atoms with Crippen LogP contribution in [0.2, 0.25) is 0 Å². The summed E-state index contributed by atoms with van der Waals surface area (Å²) < 4.78 is 24.5. The van der Waals surface area contributed by atoms with Crippen molar-refractivity contribution in [1.29, 1.82) is 0 Å². The first-order chi connectivity index (χ1) is 12.3. The van der Waals surface area contributed by atoms with E-state index in [1.54, 1.807) is 18.2 Å². The Morgan fingerprint density at radius 1 is 1.15 bits per heavy atom. The number of hydrogen-bond donors (Lipinski definition) is 1. The highest BCUT2D eigenvalue weighted by molar-refractivity contribution is 5.69. The highest BCUT2D eigenvalue weighted by atomic mass is 19.1. The first-order valence-corrected chi connectivity index (χ1v) is 8.77. The normalized spacial score (nSPS) is 18.9. The average molecular weight is 357 g/mol. The lowest BCUT2D eigenvalue weighted by molar-refractivity contribution is 0.0523. The SMILES string of the molecule is CC(C)(C)OC(=O)N[C@H]1C[C@@H]1c1ccc(OCc2ccccc2F)cc1. The zero-order chi connectivity index (χ0) is 18.7. The van der Waals surface area contributed by atoms with E-state index in [9.17, 15) is 9.18 Å². The molecule has 0 unspecified atom stereocenters. The Labute approximate surface area is 153 Å². The average Bonchev–Trinajstić information content (AvgIpc) is 3.32. The number of rotatable bonds is 5. The van der Waals surface area contributed by atoms with E-state index in [0.29, 0.717) is 17.2 Å². The van der Waals surface area contributed by atoms with Crippen molar-refractivity contribution < 1.29 is 18.7 Å². The van der Waals surface area contributed by atoms with E-state index in [0.717, 1.165) is 12.0 Å². The molecule has 0 spiro atoms. The summed E-state index contributed by atoms with van der Waals surface area (Å²) in [6.45, 7) is 5.73. The molecule has 1 N–H and O–H groups in total. The largest absolute Gasteiger partial charge is 0.489 e. The van der Waals surface area contributed by atoms with Crippen LogP contribution >= 0.6 is 0 Å². The highest BCUT2D eigenvalue weighted by Gasteiger charge is 2.40. The molecule has 1 aliphatic carbocycles. The van der Waals surface area contributed by atoms with Gasteiger partial charge in [0.15, 0.2) is 0 Å². The van der Waals surface area contributed by atoms with Gasteiger partial charge < -0.3 is 14.8 Å². The quantitative estimate of drug-likeness (QED) is 0.837. The van der Waals surface area contributed by atoms with Crippen molar-refractivity contribution in [1.82, 2.24) is 5.32 Å². The van der Waals surface area contributed by atoms with Gasteiger partial charge in [-0.3, -0.25) is 0 Å². The van der Waals surface area contributed by atoms with Gasteiger partial charge in [-0.05, 0) is 51.0 Å². The molecule has 1 fully saturated rings. The number of nitrogens with one attached hydrogen (secondary N) is 1. The maximum absolute atomic E-state index is 13.6. The van der Waals surface area contributed by atoms with Gasteiger partial charge in [0, 0.05) is 17.5 Å². The van der Waals surface area contributed by atoms with Gasteiger partial charge in [-0.25, -0.2) is 9.18 Å². The molecule has 4 nitrogen and oxygen atoms in total. The lowest BCUT2D eigenvalue weighted by Gasteiger charge is -2.19. The first kappa shape index (κ1) is 18.2. The molecular formula is C21H24FNO3. The van der Waals surface area contributed by atoms with Gasteiger partial charge in [-0.2, -0.15) is 0 Å². The summed E-state index contributed by atoms with van der Waals surface area (Å²) in [5.74, 6) is 0.718. The molecule has 0 heterocycles. The van der Waals surface area contributed by atoms with E-state index < -0.39 is 5.60 Å². The van der Waals surface area contributed by atoms with Gasteiger partial charge in [0.1, 0.15) is 23.8 Å². The van der Waals surface area contributed by atoms with Gasteiger partial charge >= 0.3 is 6.09 Å². The van der Waals surface area contributed by atoms with Crippen molar-refractivity contribution in [3.63, 3.8) is 0 Å². The summed E-state index contributed by atoms with van der Waals surface area (Å²) in [6.07, 6.45) is 0.518. The van der Waals surface area contributed by atoms with Crippen LogP contribution in [-0.4, -0.2) is 17.7 Å². The fourth-order valence-electron chi connectivity index (χ4n) is 2.77. The van der Waals surface area contributed by atoms with Crippen LogP contribution in [0.1, 0.15) is 44.2 Å². The number of alkyl carbamates (subject to hydrolysis) is 1. The molecule has 2 aromatic carbocycles. The predicted molar refractivity (Wildman–Crippen MR) is 97.7 cm³/mol. The molecule has 0 saturated heterocycles. The van der Waals surface area contributed by atoms with Crippen molar-refractivity contribution >= 4 is 6.09 Å². The summed E-state index contributed by atoms with van der Waals surface area (Å²) in [5, 5.41) is 2.89. The minimum Gasteiger partial charge on any atom is -0.489 e. The second-order valence-electron chi connectivity index (χ2n) is 7.54. The maximum atomic E-state index is 13.6. The van der Waals surface area contributed by atoms with Crippen LogP contribution in [0.4, 0.5) is 9.18 Å². The van der Waals surface area contributed by atoms with Crippen molar-refractivity contribution in [2.24, 2.45) is 0 Å². The molecule has 0 aromatic heterocycles. The van der Waals surface area contributed by atoms with Crippen molar-refractivity contribution in [2.45, 2.75) is 51.4 Å². The third kappa shape index (κ3) is 4.97.